The third-order valence-electron chi connectivity index (χ3n) is 6.85. The summed E-state index contributed by atoms with van der Waals surface area (Å²) in [5, 5.41) is 0. The highest BCUT2D eigenvalue weighted by Crippen LogP contribution is 2.42. The lowest BCUT2D eigenvalue weighted by Gasteiger charge is -2.29. The van der Waals surface area contributed by atoms with Gasteiger partial charge in [-0.25, -0.2) is 4.79 Å². The van der Waals surface area contributed by atoms with Gasteiger partial charge in [-0.2, -0.15) is 26.3 Å². The van der Waals surface area contributed by atoms with E-state index in [4.69, 9.17) is 4.74 Å². The molecular formula is C26H25F9N2O3. The molecule has 1 saturated carbocycles. The van der Waals surface area contributed by atoms with Crippen molar-refractivity contribution in [3.8, 4) is 5.75 Å². The van der Waals surface area contributed by atoms with Gasteiger partial charge in [-0.1, -0.05) is 0 Å². The molecule has 1 aliphatic heterocycles. The summed E-state index contributed by atoms with van der Waals surface area (Å²) in [6, 6.07) is 3.57. The number of cyclic esters (lactones) is 1. The second-order valence-electron chi connectivity index (χ2n) is 9.83. The number of carbonyl (C=O) groups excluding carboxylic acids is 1. The molecule has 0 radical (unpaired) electrons. The van der Waals surface area contributed by atoms with E-state index in [2.05, 4.69) is 4.74 Å². The Hall–Kier alpha value is -3.32. The van der Waals surface area contributed by atoms with Gasteiger partial charge < -0.3 is 14.4 Å². The fourth-order valence-corrected chi connectivity index (χ4v) is 4.69. The molecule has 5 nitrogen and oxygen atoms in total. The van der Waals surface area contributed by atoms with Crippen molar-refractivity contribution in [2.24, 2.45) is 5.92 Å². The predicted molar refractivity (Wildman–Crippen MR) is 124 cm³/mol. The number of carbonyl (C=O) groups is 1. The van der Waals surface area contributed by atoms with Crippen molar-refractivity contribution >= 4 is 11.8 Å². The van der Waals surface area contributed by atoms with Crippen LogP contribution in [-0.2, 0) is 23.6 Å². The molecule has 1 amide bonds. The maximum atomic E-state index is 13.4. The first-order valence-corrected chi connectivity index (χ1v) is 12.4. The van der Waals surface area contributed by atoms with Gasteiger partial charge in [0.2, 0.25) is 0 Å². The van der Waals surface area contributed by atoms with Crippen molar-refractivity contribution in [3.63, 3.8) is 0 Å². The lowest BCUT2D eigenvalue weighted by Crippen LogP contribution is -2.33. The Labute approximate surface area is 223 Å². The summed E-state index contributed by atoms with van der Waals surface area (Å²) in [5.74, 6) is -0.138. The van der Waals surface area contributed by atoms with Crippen LogP contribution in [0.3, 0.4) is 0 Å². The Morgan fingerprint density at radius 3 is 2.05 bits per heavy atom. The van der Waals surface area contributed by atoms with Gasteiger partial charge in [0.25, 0.3) is 0 Å². The molecule has 2 fully saturated rings. The maximum absolute atomic E-state index is 13.4. The Kier molecular flexibility index (Phi) is 7.85. The fourth-order valence-electron chi connectivity index (χ4n) is 4.69. The highest BCUT2D eigenvalue weighted by atomic mass is 19.4. The molecule has 1 saturated heterocycles. The molecule has 0 aromatic heterocycles. The second kappa shape index (κ2) is 10.6. The first kappa shape index (κ1) is 29.7. The van der Waals surface area contributed by atoms with Gasteiger partial charge in [0.1, 0.15) is 11.9 Å². The summed E-state index contributed by atoms with van der Waals surface area (Å²) >= 11 is 0. The van der Waals surface area contributed by atoms with Crippen LogP contribution in [0.1, 0.15) is 55.0 Å². The number of halogens is 9. The molecule has 2 aromatic rings. The topological polar surface area (TPSA) is 42.0 Å². The molecule has 2 atom stereocenters. The smallest absolute Gasteiger partial charge is 0.439 e. The second-order valence-corrected chi connectivity index (χ2v) is 9.83. The van der Waals surface area contributed by atoms with Gasteiger partial charge in [0, 0.05) is 18.8 Å². The summed E-state index contributed by atoms with van der Waals surface area (Å²) in [4.78, 5) is 15.8. The third kappa shape index (κ3) is 6.87. The minimum atomic E-state index is -5.10. The molecule has 1 heterocycles. The summed E-state index contributed by atoms with van der Waals surface area (Å²) in [5.41, 5.74) is -2.86. The zero-order valence-electron chi connectivity index (χ0n) is 21.3. The Balaban J connectivity index is 1.68. The van der Waals surface area contributed by atoms with Gasteiger partial charge in [-0.15, -0.1) is 13.2 Å². The Morgan fingerprint density at radius 1 is 0.950 bits per heavy atom. The lowest BCUT2D eigenvalue weighted by molar-refractivity contribution is -0.274. The number of anilines is 1. The van der Waals surface area contributed by atoms with Gasteiger partial charge in [0.05, 0.1) is 23.7 Å². The van der Waals surface area contributed by atoms with Crippen LogP contribution < -0.4 is 9.64 Å². The van der Waals surface area contributed by atoms with Gasteiger partial charge in [0.15, 0.2) is 0 Å². The SMILES string of the molecule is CCN(CC1CC1)c1ccc(OC(F)(F)F)cc1CN1C(=O)O[C@H](c2cc(C(F)(F)F)cc(C(F)(F)F)c2)[C@@H]1C. The fraction of sp³-hybridized carbons (Fsp3) is 0.500. The molecule has 2 aromatic carbocycles. The molecule has 220 valence electrons. The van der Waals surface area contributed by atoms with E-state index in [9.17, 15) is 44.3 Å². The quantitative estimate of drug-likeness (QED) is 0.296. The molecule has 14 heteroatoms. The van der Waals surface area contributed by atoms with Crippen molar-refractivity contribution in [2.75, 3.05) is 18.0 Å². The van der Waals surface area contributed by atoms with Crippen LogP contribution in [0.5, 0.6) is 5.75 Å². The molecular weight excluding hydrogens is 559 g/mol. The zero-order chi connectivity index (χ0) is 29.6. The first-order chi connectivity index (χ1) is 18.5. The van der Waals surface area contributed by atoms with E-state index in [1.165, 1.54) is 13.0 Å². The minimum absolute atomic E-state index is 0.0274. The number of alkyl halides is 9. The number of ether oxygens (including phenoxy) is 2. The van der Waals surface area contributed by atoms with Crippen LogP contribution in [0.2, 0.25) is 0 Å². The van der Waals surface area contributed by atoms with Crippen LogP contribution >= 0.6 is 0 Å². The molecule has 40 heavy (non-hydrogen) atoms. The molecule has 4 rings (SSSR count). The summed E-state index contributed by atoms with van der Waals surface area (Å²) in [6.07, 6.45) is -15.7. The van der Waals surface area contributed by atoms with Crippen molar-refractivity contribution in [1.82, 2.24) is 4.90 Å². The van der Waals surface area contributed by atoms with Crippen LogP contribution in [0, 0.1) is 5.92 Å². The van der Waals surface area contributed by atoms with E-state index in [1.807, 2.05) is 11.8 Å². The highest BCUT2D eigenvalue weighted by molar-refractivity contribution is 5.72. The van der Waals surface area contributed by atoms with Crippen molar-refractivity contribution < 1.29 is 53.8 Å². The molecule has 1 aliphatic carbocycles. The van der Waals surface area contributed by atoms with Crippen LogP contribution in [0.4, 0.5) is 50.0 Å². The molecule has 0 N–H and O–H groups in total. The number of hydrogen-bond acceptors (Lipinski definition) is 4. The van der Waals surface area contributed by atoms with Gasteiger partial charge >= 0.3 is 24.8 Å². The van der Waals surface area contributed by atoms with E-state index >= 15 is 0 Å². The van der Waals surface area contributed by atoms with E-state index in [0.29, 0.717) is 36.8 Å². The molecule has 0 spiro atoms. The average Bonchev–Trinajstić information content (AvgIpc) is 3.61. The standard InChI is InChI=1S/C26H25F9N2O3/c1-3-36(12-15-4-5-15)21-7-6-20(40-26(33,34)35)10-17(21)13-37-14(2)22(39-23(37)38)16-8-18(24(27,28)29)11-19(9-16)25(30,31)32/h6-11,14-15,22H,3-5,12-13H2,1-2H3/t14-,22-/m0/s1. The lowest BCUT2D eigenvalue weighted by atomic mass is 9.97. The number of hydrogen-bond donors (Lipinski definition) is 0. The zero-order valence-corrected chi connectivity index (χ0v) is 21.3. The largest absolute Gasteiger partial charge is 0.573 e. The van der Waals surface area contributed by atoms with Gasteiger partial charge in [-0.3, -0.25) is 4.90 Å². The first-order valence-electron chi connectivity index (χ1n) is 12.4. The number of nitrogens with zero attached hydrogens (tertiary/aromatic N) is 2. The predicted octanol–water partition coefficient (Wildman–Crippen LogP) is 7.94. The van der Waals surface area contributed by atoms with Crippen LogP contribution in [0.15, 0.2) is 36.4 Å². The van der Waals surface area contributed by atoms with E-state index in [-0.39, 0.29) is 18.2 Å². The van der Waals surface area contributed by atoms with E-state index in [0.717, 1.165) is 29.9 Å². The highest BCUT2D eigenvalue weighted by Gasteiger charge is 2.43. The van der Waals surface area contributed by atoms with Crippen molar-refractivity contribution in [2.45, 2.75) is 64.1 Å². The Bertz CT molecular complexity index is 1210. The molecule has 2 aliphatic rings. The maximum Gasteiger partial charge on any atom is 0.573 e. The number of rotatable bonds is 8. The minimum Gasteiger partial charge on any atom is -0.439 e. The summed E-state index contributed by atoms with van der Waals surface area (Å²) in [6.45, 7) is 4.01. The molecule has 0 unspecified atom stereocenters. The Morgan fingerprint density at radius 2 is 1.55 bits per heavy atom. The van der Waals surface area contributed by atoms with Crippen molar-refractivity contribution in [1.29, 1.82) is 0 Å². The summed E-state index contributed by atoms with van der Waals surface area (Å²) in [7, 11) is 0. The normalized spacial score (nSPS) is 20.1. The third-order valence-corrected chi connectivity index (χ3v) is 6.85. The number of benzene rings is 2. The number of amides is 1. The van der Waals surface area contributed by atoms with Crippen LogP contribution in [0.25, 0.3) is 0 Å². The van der Waals surface area contributed by atoms with E-state index < -0.39 is 59.4 Å². The monoisotopic (exact) mass is 584 g/mol. The van der Waals surface area contributed by atoms with Gasteiger partial charge in [-0.05, 0) is 80.1 Å². The van der Waals surface area contributed by atoms with E-state index in [1.54, 1.807) is 0 Å². The summed E-state index contributed by atoms with van der Waals surface area (Å²) < 4.78 is 128. The molecule has 0 bridgehead atoms. The average molecular weight is 584 g/mol. The van der Waals surface area contributed by atoms with Crippen molar-refractivity contribution in [3.05, 3.63) is 58.7 Å². The van der Waals surface area contributed by atoms with Crippen LogP contribution in [-0.4, -0.2) is 36.5 Å².